The molecule has 0 spiro atoms. The lowest BCUT2D eigenvalue weighted by atomic mass is 9.87. The van der Waals surface area contributed by atoms with E-state index >= 15 is 0 Å². The number of esters is 1. The van der Waals surface area contributed by atoms with E-state index in [1.165, 1.54) is 12.1 Å². The zero-order valence-electron chi connectivity index (χ0n) is 21.6. The molecule has 1 aliphatic rings. The molecule has 0 bridgehead atoms. The lowest BCUT2D eigenvalue weighted by Gasteiger charge is -2.28. The fraction of sp³-hybridized carbons (Fsp3) is 0.393. The Morgan fingerprint density at radius 3 is 2.50 bits per heavy atom. The molecule has 202 valence electrons. The summed E-state index contributed by atoms with van der Waals surface area (Å²) in [6.45, 7) is 7.03. The minimum absolute atomic E-state index is 0.214. The SMILES string of the molecule is CCOC(=O)C(C)(C)Oc1ccc2c(c1)CCCC2NC(=O)c1sc(-c2ccc(C(F)(F)F)cc2)nc1C. The molecular formula is C28H29F3N2O4S. The number of carbonyl (C=O) groups is 2. The summed E-state index contributed by atoms with van der Waals surface area (Å²) in [5.41, 5.74) is 1.18. The van der Waals surface area contributed by atoms with Gasteiger partial charge in [0.2, 0.25) is 0 Å². The highest BCUT2D eigenvalue weighted by Gasteiger charge is 2.33. The van der Waals surface area contributed by atoms with Crippen LogP contribution in [-0.2, 0) is 22.1 Å². The Kier molecular flexibility index (Phi) is 7.83. The molecule has 10 heteroatoms. The van der Waals surface area contributed by atoms with Crippen molar-refractivity contribution in [2.24, 2.45) is 0 Å². The van der Waals surface area contributed by atoms with Gasteiger partial charge in [0.25, 0.3) is 5.91 Å². The molecule has 38 heavy (non-hydrogen) atoms. The van der Waals surface area contributed by atoms with E-state index in [4.69, 9.17) is 9.47 Å². The third-order valence-electron chi connectivity index (χ3n) is 6.34. The van der Waals surface area contributed by atoms with Gasteiger partial charge in [-0.1, -0.05) is 18.2 Å². The van der Waals surface area contributed by atoms with Gasteiger partial charge in [0, 0.05) is 5.56 Å². The molecule has 1 unspecified atom stereocenters. The monoisotopic (exact) mass is 546 g/mol. The van der Waals surface area contributed by atoms with Crippen LogP contribution in [0.4, 0.5) is 13.2 Å². The summed E-state index contributed by atoms with van der Waals surface area (Å²) in [5, 5.41) is 3.58. The average Bonchev–Trinajstić information content (AvgIpc) is 3.25. The van der Waals surface area contributed by atoms with E-state index in [1.54, 1.807) is 33.8 Å². The van der Waals surface area contributed by atoms with E-state index in [9.17, 15) is 22.8 Å². The van der Waals surface area contributed by atoms with Crippen molar-refractivity contribution in [3.63, 3.8) is 0 Å². The number of nitrogens with one attached hydrogen (secondary N) is 1. The second-order valence-electron chi connectivity index (χ2n) is 9.62. The van der Waals surface area contributed by atoms with Gasteiger partial charge in [-0.25, -0.2) is 9.78 Å². The zero-order valence-corrected chi connectivity index (χ0v) is 22.4. The number of rotatable bonds is 7. The number of hydrogen-bond donors (Lipinski definition) is 1. The third kappa shape index (κ3) is 6.01. The second kappa shape index (κ2) is 10.8. The van der Waals surface area contributed by atoms with Gasteiger partial charge in [0.05, 0.1) is 23.9 Å². The standard InChI is InChI=1S/C28H29F3N2O4S/c1-5-36-26(35)27(3,4)37-20-13-14-21-18(15-20)7-6-8-22(21)33-24(34)23-16(2)32-25(38-23)17-9-11-19(12-10-17)28(29,30)31/h9-15,22H,5-8H2,1-4H3,(H,33,34). The molecule has 2 aromatic carbocycles. The first kappa shape index (κ1) is 27.6. The lowest BCUT2D eigenvalue weighted by molar-refractivity contribution is -0.158. The molecular weight excluding hydrogens is 517 g/mol. The average molecular weight is 547 g/mol. The molecule has 4 rings (SSSR count). The van der Waals surface area contributed by atoms with E-state index in [-0.39, 0.29) is 18.6 Å². The summed E-state index contributed by atoms with van der Waals surface area (Å²) >= 11 is 1.15. The number of benzene rings is 2. The van der Waals surface area contributed by atoms with Crippen LogP contribution in [0.25, 0.3) is 10.6 Å². The van der Waals surface area contributed by atoms with Crippen LogP contribution in [0.5, 0.6) is 5.75 Å². The number of ether oxygens (including phenoxy) is 2. The molecule has 1 atom stereocenters. The molecule has 0 fully saturated rings. The van der Waals surface area contributed by atoms with Gasteiger partial charge in [-0.2, -0.15) is 13.2 Å². The smallest absolute Gasteiger partial charge is 0.416 e. The minimum Gasteiger partial charge on any atom is -0.476 e. The van der Waals surface area contributed by atoms with Crippen LogP contribution in [0.15, 0.2) is 42.5 Å². The van der Waals surface area contributed by atoms with Gasteiger partial charge in [-0.15, -0.1) is 11.3 Å². The Bertz CT molecular complexity index is 1330. The number of nitrogens with zero attached hydrogens (tertiary/aromatic N) is 1. The number of hydrogen-bond acceptors (Lipinski definition) is 6. The highest BCUT2D eigenvalue weighted by molar-refractivity contribution is 7.17. The van der Waals surface area contributed by atoms with E-state index in [0.29, 0.717) is 26.9 Å². The van der Waals surface area contributed by atoms with Gasteiger partial charge >= 0.3 is 12.1 Å². The largest absolute Gasteiger partial charge is 0.476 e. The summed E-state index contributed by atoms with van der Waals surface area (Å²) in [7, 11) is 0. The van der Waals surface area contributed by atoms with Crippen molar-refractivity contribution in [1.29, 1.82) is 0 Å². The summed E-state index contributed by atoms with van der Waals surface area (Å²) in [6.07, 6.45) is -1.98. The van der Waals surface area contributed by atoms with Crippen molar-refractivity contribution in [2.75, 3.05) is 6.61 Å². The van der Waals surface area contributed by atoms with E-state index in [1.807, 2.05) is 12.1 Å². The fourth-order valence-electron chi connectivity index (χ4n) is 4.40. The van der Waals surface area contributed by atoms with E-state index < -0.39 is 23.3 Å². The second-order valence-corrected chi connectivity index (χ2v) is 10.6. The maximum absolute atomic E-state index is 13.2. The highest BCUT2D eigenvalue weighted by Crippen LogP contribution is 2.36. The quantitative estimate of drug-likeness (QED) is 0.335. The number of alkyl halides is 3. The maximum Gasteiger partial charge on any atom is 0.416 e. The van der Waals surface area contributed by atoms with Crippen LogP contribution < -0.4 is 10.1 Å². The van der Waals surface area contributed by atoms with Crippen LogP contribution in [0, 0.1) is 6.92 Å². The van der Waals surface area contributed by atoms with Crippen LogP contribution in [0.2, 0.25) is 0 Å². The normalized spacial score (nSPS) is 15.5. The first-order valence-corrected chi connectivity index (χ1v) is 13.2. The molecule has 3 aromatic rings. The number of halogens is 3. The van der Waals surface area contributed by atoms with Crippen molar-refractivity contribution in [1.82, 2.24) is 10.3 Å². The minimum atomic E-state index is -4.41. The van der Waals surface area contributed by atoms with Gasteiger partial charge in [0.1, 0.15) is 15.6 Å². The Balaban J connectivity index is 1.49. The molecule has 1 heterocycles. The fourth-order valence-corrected chi connectivity index (χ4v) is 5.38. The summed E-state index contributed by atoms with van der Waals surface area (Å²) in [4.78, 5) is 30.2. The van der Waals surface area contributed by atoms with Gasteiger partial charge < -0.3 is 14.8 Å². The first-order valence-electron chi connectivity index (χ1n) is 12.3. The van der Waals surface area contributed by atoms with Crippen molar-refractivity contribution < 1.29 is 32.2 Å². The van der Waals surface area contributed by atoms with Gasteiger partial charge in [-0.05, 0) is 82.3 Å². The number of aromatic nitrogens is 1. The Morgan fingerprint density at radius 1 is 1.13 bits per heavy atom. The summed E-state index contributed by atoms with van der Waals surface area (Å²) < 4.78 is 49.7. The van der Waals surface area contributed by atoms with Gasteiger partial charge in [-0.3, -0.25) is 4.79 Å². The summed E-state index contributed by atoms with van der Waals surface area (Å²) in [5.74, 6) is -0.175. The Morgan fingerprint density at radius 2 is 1.84 bits per heavy atom. The van der Waals surface area contributed by atoms with Crippen molar-refractivity contribution in [2.45, 2.75) is 64.8 Å². The molecule has 0 aliphatic heterocycles. The topological polar surface area (TPSA) is 77.5 Å². The van der Waals surface area contributed by atoms with Crippen LogP contribution >= 0.6 is 11.3 Å². The van der Waals surface area contributed by atoms with Crippen LogP contribution in [-0.4, -0.2) is 29.1 Å². The number of amides is 1. The third-order valence-corrected chi connectivity index (χ3v) is 7.54. The number of aryl methyl sites for hydroxylation is 2. The molecule has 1 aromatic heterocycles. The number of carbonyl (C=O) groups excluding carboxylic acids is 2. The van der Waals surface area contributed by atoms with Crippen molar-refractivity contribution in [3.05, 3.63) is 69.7 Å². The highest BCUT2D eigenvalue weighted by atomic mass is 32.1. The van der Waals surface area contributed by atoms with Crippen LogP contribution in [0.1, 0.15) is 71.7 Å². The number of fused-ring (bicyclic) bond motifs is 1. The molecule has 6 nitrogen and oxygen atoms in total. The Hall–Kier alpha value is -3.40. The predicted molar refractivity (Wildman–Crippen MR) is 138 cm³/mol. The Labute approximate surface area is 223 Å². The van der Waals surface area contributed by atoms with Crippen LogP contribution in [0.3, 0.4) is 0 Å². The van der Waals surface area contributed by atoms with E-state index in [0.717, 1.165) is 53.9 Å². The molecule has 1 amide bonds. The van der Waals surface area contributed by atoms with Crippen molar-refractivity contribution >= 4 is 23.2 Å². The molecule has 0 saturated carbocycles. The van der Waals surface area contributed by atoms with E-state index in [2.05, 4.69) is 10.3 Å². The summed E-state index contributed by atoms with van der Waals surface area (Å²) in [6, 6.07) is 10.1. The molecule has 0 radical (unpaired) electrons. The molecule has 1 aliphatic carbocycles. The maximum atomic E-state index is 13.2. The van der Waals surface area contributed by atoms with Crippen molar-refractivity contribution in [3.8, 4) is 16.3 Å². The predicted octanol–water partition coefficient (Wildman–Crippen LogP) is 6.67. The zero-order chi connectivity index (χ0) is 27.7. The van der Waals surface area contributed by atoms with Gasteiger partial charge in [0.15, 0.2) is 5.60 Å². The first-order chi connectivity index (χ1) is 17.9. The molecule has 1 N–H and O–H groups in total. The lowest BCUT2D eigenvalue weighted by Crippen LogP contribution is -2.39. The number of thiazole rings is 1. The molecule has 0 saturated heterocycles.